The van der Waals surface area contributed by atoms with E-state index >= 15 is 0 Å². The molecule has 2 fully saturated rings. The lowest BCUT2D eigenvalue weighted by Crippen LogP contribution is -2.32. The first-order valence-electron chi connectivity index (χ1n) is 13.6. The van der Waals surface area contributed by atoms with Crippen molar-refractivity contribution in [3.05, 3.63) is 24.3 Å². The number of esters is 2. The van der Waals surface area contributed by atoms with Gasteiger partial charge in [0.15, 0.2) is 0 Å². The van der Waals surface area contributed by atoms with Crippen LogP contribution in [0.25, 0.3) is 0 Å². The lowest BCUT2D eigenvalue weighted by molar-refractivity contribution is -0.140. The number of ether oxygens (including phenoxy) is 4. The molecule has 0 aromatic carbocycles. The number of amides is 2. The van der Waals surface area contributed by atoms with E-state index in [2.05, 4.69) is 23.8 Å². The van der Waals surface area contributed by atoms with Gasteiger partial charge in [0, 0.05) is 24.2 Å². The fourth-order valence-corrected chi connectivity index (χ4v) is 4.40. The second kappa shape index (κ2) is 19.1. The van der Waals surface area contributed by atoms with Crippen LogP contribution in [0.15, 0.2) is 24.3 Å². The van der Waals surface area contributed by atoms with Crippen molar-refractivity contribution in [2.75, 3.05) is 39.5 Å². The van der Waals surface area contributed by atoms with Gasteiger partial charge in [0.25, 0.3) is 0 Å². The van der Waals surface area contributed by atoms with Gasteiger partial charge in [0.1, 0.15) is 0 Å². The minimum Gasteiger partial charge on any atom is -0.462 e. The van der Waals surface area contributed by atoms with Gasteiger partial charge in [0.2, 0.25) is 0 Å². The van der Waals surface area contributed by atoms with E-state index in [0.29, 0.717) is 75.7 Å². The van der Waals surface area contributed by atoms with Gasteiger partial charge in [0.05, 0.1) is 26.4 Å². The molecule has 10 heteroatoms. The summed E-state index contributed by atoms with van der Waals surface area (Å²) in [5.74, 6) is 1.60. The molecule has 2 amide bonds. The summed E-state index contributed by atoms with van der Waals surface area (Å²) in [7, 11) is 0. The third-order valence-corrected chi connectivity index (χ3v) is 6.42. The topological polar surface area (TPSA) is 129 Å². The highest BCUT2D eigenvalue weighted by Crippen LogP contribution is 2.47. The number of unbranched alkanes of at least 4 members (excludes halogenated alkanes) is 2. The normalized spacial score (nSPS) is 18.9. The van der Waals surface area contributed by atoms with Crippen LogP contribution in [0.4, 0.5) is 9.59 Å². The number of hydrogen-bond donors (Lipinski definition) is 2. The van der Waals surface area contributed by atoms with Crippen LogP contribution in [0.1, 0.15) is 72.1 Å². The molecule has 0 radical (unpaired) electrons. The Labute approximate surface area is 226 Å². The molecule has 2 bridgehead atoms. The maximum absolute atomic E-state index is 11.6. The minimum atomic E-state index is -0.415. The van der Waals surface area contributed by atoms with Gasteiger partial charge in [-0.25, -0.2) is 19.2 Å². The molecular weight excluding hydrogens is 492 g/mol. The summed E-state index contributed by atoms with van der Waals surface area (Å²) in [6.07, 6.45) is 7.27. The molecule has 38 heavy (non-hydrogen) atoms. The molecule has 0 aliphatic heterocycles. The Morgan fingerprint density at radius 2 is 1.18 bits per heavy atom. The summed E-state index contributed by atoms with van der Waals surface area (Å²) < 4.78 is 19.8. The molecule has 0 aromatic heterocycles. The molecule has 0 aromatic rings. The van der Waals surface area contributed by atoms with Gasteiger partial charge in [-0.2, -0.15) is 0 Å². The predicted octanol–water partition coefficient (Wildman–Crippen LogP) is 4.68. The Morgan fingerprint density at radius 3 is 1.58 bits per heavy atom. The number of alkyl carbamates (subject to hydrolysis) is 2. The first-order chi connectivity index (χ1) is 18.1. The number of nitrogens with one attached hydrogen (secondary N) is 2. The molecule has 2 aliphatic carbocycles. The summed E-state index contributed by atoms with van der Waals surface area (Å²) >= 11 is 0. The van der Waals surface area contributed by atoms with Crippen LogP contribution in [-0.4, -0.2) is 63.6 Å². The Morgan fingerprint density at radius 1 is 0.711 bits per heavy atom. The quantitative estimate of drug-likeness (QED) is 0.133. The summed E-state index contributed by atoms with van der Waals surface area (Å²) in [5.41, 5.74) is 0.787. The van der Waals surface area contributed by atoms with Crippen LogP contribution in [0.3, 0.4) is 0 Å². The Kier molecular flexibility index (Phi) is 16.6. The number of rotatable bonds is 15. The third-order valence-electron chi connectivity index (χ3n) is 6.42. The van der Waals surface area contributed by atoms with E-state index in [1.807, 2.05) is 6.92 Å². The molecule has 2 aliphatic rings. The average molecular weight is 539 g/mol. The Hall–Kier alpha value is -3.04. The van der Waals surface area contributed by atoms with Crippen LogP contribution in [0.5, 0.6) is 0 Å². The van der Waals surface area contributed by atoms with E-state index in [4.69, 9.17) is 18.9 Å². The van der Waals surface area contributed by atoms with E-state index in [9.17, 15) is 19.2 Å². The first kappa shape index (κ1) is 33.0. The molecular formula is C28H46N2O8. The number of fused-ring (bicyclic) bond motifs is 2. The van der Waals surface area contributed by atoms with Crippen molar-refractivity contribution in [2.24, 2.45) is 17.8 Å². The fourth-order valence-electron chi connectivity index (χ4n) is 4.40. The Balaban J connectivity index is 0.000000403. The van der Waals surface area contributed by atoms with Crippen LogP contribution < -0.4 is 10.6 Å². The molecule has 0 heterocycles. The number of carbonyl (C=O) groups is 4. The highest BCUT2D eigenvalue weighted by Gasteiger charge is 2.39. The van der Waals surface area contributed by atoms with Crippen molar-refractivity contribution in [1.29, 1.82) is 0 Å². The third kappa shape index (κ3) is 14.6. The van der Waals surface area contributed by atoms with E-state index in [0.717, 1.165) is 18.4 Å². The monoisotopic (exact) mass is 538 g/mol. The smallest absolute Gasteiger partial charge is 0.407 e. The zero-order chi connectivity index (χ0) is 28.3. The van der Waals surface area contributed by atoms with Crippen molar-refractivity contribution in [3.63, 3.8) is 0 Å². The van der Waals surface area contributed by atoms with E-state index in [-0.39, 0.29) is 18.0 Å². The maximum atomic E-state index is 11.6. The highest BCUT2D eigenvalue weighted by molar-refractivity contribution is 5.87. The predicted molar refractivity (Wildman–Crippen MR) is 143 cm³/mol. The van der Waals surface area contributed by atoms with Crippen molar-refractivity contribution < 1.29 is 38.1 Å². The van der Waals surface area contributed by atoms with Crippen LogP contribution in [0, 0.1) is 17.8 Å². The van der Waals surface area contributed by atoms with Crippen molar-refractivity contribution in [2.45, 2.75) is 72.1 Å². The summed E-state index contributed by atoms with van der Waals surface area (Å²) in [6, 6.07) is 0. The fraction of sp³-hybridized carbons (Fsp3) is 0.714. The van der Waals surface area contributed by atoms with E-state index in [1.54, 1.807) is 13.8 Å². The van der Waals surface area contributed by atoms with Gasteiger partial charge in [-0.1, -0.05) is 19.6 Å². The van der Waals surface area contributed by atoms with E-state index < -0.39 is 6.09 Å². The standard InChI is InChI=1S/C17H27NO4.C11H19NO4/c1-12(2)16(19)21-7-3-4-8-22-17(20)18-11-15-10-13-5-6-14(15)9-13;1-4-12-11(14)16-8-6-5-7-15-10(13)9(2)3/h13-15H,1,3-11H2,2H3,(H,18,20);2,4-8H2,1,3H3,(H,12,14). The van der Waals surface area contributed by atoms with Crippen LogP contribution in [0.2, 0.25) is 0 Å². The van der Waals surface area contributed by atoms with Crippen molar-refractivity contribution in [3.8, 4) is 0 Å². The van der Waals surface area contributed by atoms with Crippen molar-refractivity contribution in [1.82, 2.24) is 10.6 Å². The first-order valence-corrected chi connectivity index (χ1v) is 13.6. The zero-order valence-corrected chi connectivity index (χ0v) is 23.3. The summed E-state index contributed by atoms with van der Waals surface area (Å²) in [4.78, 5) is 44.5. The molecule has 0 spiro atoms. The number of carbonyl (C=O) groups excluding carboxylic acids is 4. The Bertz CT molecular complexity index is 798. The molecule has 3 unspecified atom stereocenters. The molecule has 2 N–H and O–H groups in total. The molecule has 0 saturated heterocycles. The van der Waals surface area contributed by atoms with Gasteiger partial charge >= 0.3 is 24.1 Å². The molecule has 3 atom stereocenters. The van der Waals surface area contributed by atoms with Crippen LogP contribution >= 0.6 is 0 Å². The lowest BCUT2D eigenvalue weighted by atomic mass is 9.89. The highest BCUT2D eigenvalue weighted by atomic mass is 16.6. The van der Waals surface area contributed by atoms with E-state index in [1.165, 1.54) is 25.7 Å². The van der Waals surface area contributed by atoms with Gasteiger partial charge in [-0.05, 0) is 83.5 Å². The largest absolute Gasteiger partial charge is 0.462 e. The minimum absolute atomic E-state index is 0.324. The summed E-state index contributed by atoms with van der Waals surface area (Å²) in [5, 5.41) is 5.39. The van der Waals surface area contributed by atoms with Gasteiger partial charge in [-0.15, -0.1) is 0 Å². The number of hydrogen-bond acceptors (Lipinski definition) is 8. The molecule has 2 saturated carbocycles. The van der Waals surface area contributed by atoms with Gasteiger partial charge in [-0.3, -0.25) is 0 Å². The lowest BCUT2D eigenvalue weighted by Gasteiger charge is -2.21. The average Bonchev–Trinajstić information content (AvgIpc) is 3.50. The van der Waals surface area contributed by atoms with Crippen molar-refractivity contribution >= 4 is 24.1 Å². The molecule has 10 nitrogen and oxygen atoms in total. The second-order valence-electron chi connectivity index (χ2n) is 9.86. The SMILES string of the molecule is C=C(C)C(=O)OCCCCOC(=O)NCC.C=C(C)C(=O)OCCCCOC(=O)NCC1CC2CCC1C2. The maximum Gasteiger partial charge on any atom is 0.407 e. The van der Waals surface area contributed by atoms with Crippen LogP contribution in [-0.2, 0) is 28.5 Å². The zero-order valence-electron chi connectivity index (χ0n) is 23.3. The second-order valence-corrected chi connectivity index (χ2v) is 9.86. The van der Waals surface area contributed by atoms with Gasteiger partial charge < -0.3 is 29.6 Å². The molecule has 2 rings (SSSR count). The molecule has 216 valence electrons. The summed E-state index contributed by atoms with van der Waals surface area (Å²) in [6.45, 7) is 14.6.